The molecule has 4 nitrogen and oxygen atoms in total. The van der Waals surface area contributed by atoms with Crippen molar-refractivity contribution in [1.82, 2.24) is 10.2 Å². The first-order valence-corrected chi connectivity index (χ1v) is 8.61. The topological polar surface area (TPSA) is 49.4 Å². The van der Waals surface area contributed by atoms with E-state index in [1.807, 2.05) is 45.0 Å². The number of carbonyl (C=O) groups excluding carboxylic acids is 2. The molecule has 1 fully saturated rings. The molecule has 1 aliphatic rings. The molecule has 126 valence electrons. The Labute approximate surface area is 143 Å². The molecule has 2 rings (SSSR count). The van der Waals surface area contributed by atoms with Crippen LogP contribution in [0, 0.1) is 5.92 Å². The fourth-order valence-electron chi connectivity index (χ4n) is 3.04. The highest BCUT2D eigenvalue weighted by molar-refractivity contribution is 6.30. The Balaban J connectivity index is 1.94. The average Bonchev–Trinajstić information content (AvgIpc) is 2.95. The van der Waals surface area contributed by atoms with Gasteiger partial charge in [0.05, 0.1) is 0 Å². The summed E-state index contributed by atoms with van der Waals surface area (Å²) in [5.74, 6) is -0.0662. The summed E-state index contributed by atoms with van der Waals surface area (Å²) in [7, 11) is 0. The Morgan fingerprint density at radius 1 is 1.35 bits per heavy atom. The third-order valence-corrected chi connectivity index (χ3v) is 4.39. The van der Waals surface area contributed by atoms with Crippen LogP contribution in [-0.2, 0) is 16.0 Å². The van der Waals surface area contributed by atoms with Crippen LogP contribution in [0.3, 0.4) is 0 Å². The number of halogens is 1. The van der Waals surface area contributed by atoms with Crippen molar-refractivity contribution in [3.8, 4) is 0 Å². The number of amides is 2. The average molecular weight is 337 g/mol. The summed E-state index contributed by atoms with van der Waals surface area (Å²) in [6.07, 6.45) is 2.35. The molecule has 0 bridgehead atoms. The summed E-state index contributed by atoms with van der Waals surface area (Å²) in [5.41, 5.74) is 1.09. The number of benzene rings is 1. The van der Waals surface area contributed by atoms with Gasteiger partial charge in [-0.05, 0) is 43.9 Å². The van der Waals surface area contributed by atoms with Crippen LogP contribution in [0.5, 0.6) is 0 Å². The van der Waals surface area contributed by atoms with Crippen molar-refractivity contribution in [2.45, 2.75) is 52.1 Å². The van der Waals surface area contributed by atoms with E-state index in [9.17, 15) is 9.59 Å². The van der Waals surface area contributed by atoms with E-state index in [2.05, 4.69) is 5.32 Å². The standard InChI is InChI=1S/C18H25ClN2O2/c1-12(2)18(23)21-9-5-8-16(21)17(22)20-13(3)10-14-6-4-7-15(19)11-14/h4,6-7,11-13,16H,5,8-10H2,1-3H3,(H,20,22)/t13-,16-/m1/s1. The molecule has 5 heteroatoms. The molecule has 2 atom stereocenters. The van der Waals surface area contributed by atoms with Gasteiger partial charge in [-0.2, -0.15) is 0 Å². The monoisotopic (exact) mass is 336 g/mol. The van der Waals surface area contributed by atoms with Gasteiger partial charge in [0.1, 0.15) is 6.04 Å². The Morgan fingerprint density at radius 3 is 2.74 bits per heavy atom. The smallest absolute Gasteiger partial charge is 0.243 e. The lowest BCUT2D eigenvalue weighted by Gasteiger charge is -2.27. The quantitative estimate of drug-likeness (QED) is 0.898. The highest BCUT2D eigenvalue weighted by atomic mass is 35.5. The van der Waals surface area contributed by atoms with E-state index in [0.717, 1.165) is 24.8 Å². The van der Waals surface area contributed by atoms with Crippen LogP contribution >= 0.6 is 11.6 Å². The van der Waals surface area contributed by atoms with E-state index in [-0.39, 0.29) is 29.8 Å². The molecular weight excluding hydrogens is 312 g/mol. The van der Waals surface area contributed by atoms with Crippen LogP contribution < -0.4 is 5.32 Å². The third kappa shape index (κ3) is 4.71. The van der Waals surface area contributed by atoms with Gasteiger partial charge in [0.2, 0.25) is 11.8 Å². The van der Waals surface area contributed by atoms with Gasteiger partial charge in [-0.25, -0.2) is 0 Å². The summed E-state index contributed by atoms with van der Waals surface area (Å²) in [5, 5.41) is 3.74. The Kier molecular flexibility index (Phi) is 6.05. The fourth-order valence-corrected chi connectivity index (χ4v) is 3.26. The van der Waals surface area contributed by atoms with Gasteiger partial charge < -0.3 is 10.2 Å². The van der Waals surface area contributed by atoms with Crippen LogP contribution in [0.15, 0.2) is 24.3 Å². The first kappa shape index (κ1) is 17.8. The molecular formula is C18H25ClN2O2. The molecule has 1 aromatic carbocycles. The maximum atomic E-state index is 12.5. The summed E-state index contributed by atoms with van der Waals surface area (Å²) in [4.78, 5) is 26.5. The van der Waals surface area contributed by atoms with Crippen LogP contribution in [-0.4, -0.2) is 35.3 Å². The van der Waals surface area contributed by atoms with Crippen molar-refractivity contribution in [3.63, 3.8) is 0 Å². The van der Waals surface area contributed by atoms with E-state index < -0.39 is 0 Å². The number of hydrogen-bond acceptors (Lipinski definition) is 2. The van der Waals surface area contributed by atoms with Crippen LogP contribution in [0.2, 0.25) is 5.02 Å². The van der Waals surface area contributed by atoms with Gasteiger partial charge in [0.25, 0.3) is 0 Å². The number of likely N-dealkylation sites (tertiary alicyclic amines) is 1. The first-order chi connectivity index (χ1) is 10.9. The Bertz CT molecular complexity index is 574. The zero-order chi connectivity index (χ0) is 17.0. The van der Waals surface area contributed by atoms with Crippen molar-refractivity contribution >= 4 is 23.4 Å². The zero-order valence-corrected chi connectivity index (χ0v) is 14.8. The van der Waals surface area contributed by atoms with Gasteiger partial charge in [-0.15, -0.1) is 0 Å². The molecule has 1 aliphatic heterocycles. The van der Waals surface area contributed by atoms with Crippen molar-refractivity contribution in [2.24, 2.45) is 5.92 Å². The molecule has 0 radical (unpaired) electrons. The highest BCUT2D eigenvalue weighted by Gasteiger charge is 2.35. The van der Waals surface area contributed by atoms with Crippen molar-refractivity contribution < 1.29 is 9.59 Å². The van der Waals surface area contributed by atoms with E-state index in [1.165, 1.54) is 0 Å². The van der Waals surface area contributed by atoms with Crippen LogP contribution in [0.25, 0.3) is 0 Å². The molecule has 23 heavy (non-hydrogen) atoms. The number of rotatable bonds is 5. The van der Waals surface area contributed by atoms with E-state index in [0.29, 0.717) is 11.6 Å². The number of carbonyl (C=O) groups is 2. The van der Waals surface area contributed by atoms with Gasteiger partial charge in [0, 0.05) is 23.5 Å². The van der Waals surface area contributed by atoms with Crippen molar-refractivity contribution in [3.05, 3.63) is 34.9 Å². The normalized spacial score (nSPS) is 19.0. The minimum absolute atomic E-state index is 0.00225. The largest absolute Gasteiger partial charge is 0.352 e. The molecule has 1 aromatic rings. The summed E-state index contributed by atoms with van der Waals surface area (Å²) in [6.45, 7) is 6.40. The highest BCUT2D eigenvalue weighted by Crippen LogP contribution is 2.20. The minimum atomic E-state index is -0.327. The molecule has 1 heterocycles. The van der Waals surface area contributed by atoms with Gasteiger partial charge in [0.15, 0.2) is 0 Å². The van der Waals surface area contributed by atoms with Gasteiger partial charge >= 0.3 is 0 Å². The second kappa shape index (κ2) is 7.82. The lowest BCUT2D eigenvalue weighted by atomic mass is 10.1. The van der Waals surface area contributed by atoms with E-state index in [1.54, 1.807) is 4.90 Å². The second-order valence-corrected chi connectivity index (χ2v) is 7.02. The molecule has 0 aromatic heterocycles. The number of nitrogens with zero attached hydrogens (tertiary/aromatic N) is 1. The molecule has 0 saturated carbocycles. The first-order valence-electron chi connectivity index (χ1n) is 8.23. The molecule has 1 saturated heterocycles. The zero-order valence-electron chi connectivity index (χ0n) is 14.0. The molecule has 2 amide bonds. The maximum Gasteiger partial charge on any atom is 0.243 e. The molecule has 1 N–H and O–H groups in total. The lowest BCUT2D eigenvalue weighted by Crippen LogP contribution is -2.49. The van der Waals surface area contributed by atoms with E-state index >= 15 is 0 Å². The SMILES string of the molecule is CC(C)C(=O)N1CCC[C@@H]1C(=O)N[C@H](C)Cc1cccc(Cl)c1. The third-order valence-electron chi connectivity index (χ3n) is 4.15. The lowest BCUT2D eigenvalue weighted by molar-refractivity contribution is -0.141. The predicted molar refractivity (Wildman–Crippen MR) is 92.3 cm³/mol. The Hall–Kier alpha value is -1.55. The van der Waals surface area contributed by atoms with Crippen molar-refractivity contribution in [2.75, 3.05) is 6.54 Å². The number of hydrogen-bond donors (Lipinski definition) is 1. The molecule has 0 unspecified atom stereocenters. The molecule has 0 aliphatic carbocycles. The second-order valence-electron chi connectivity index (χ2n) is 6.59. The molecule has 0 spiro atoms. The Morgan fingerprint density at radius 2 is 2.09 bits per heavy atom. The van der Waals surface area contributed by atoms with Gasteiger partial charge in [-0.1, -0.05) is 37.6 Å². The van der Waals surface area contributed by atoms with Gasteiger partial charge in [-0.3, -0.25) is 9.59 Å². The maximum absolute atomic E-state index is 12.5. The fraction of sp³-hybridized carbons (Fsp3) is 0.556. The van der Waals surface area contributed by atoms with E-state index in [4.69, 9.17) is 11.6 Å². The van der Waals surface area contributed by atoms with Crippen LogP contribution in [0.4, 0.5) is 0 Å². The summed E-state index contributed by atoms with van der Waals surface area (Å²) in [6, 6.07) is 7.32. The summed E-state index contributed by atoms with van der Waals surface area (Å²) >= 11 is 5.99. The number of nitrogens with one attached hydrogen (secondary N) is 1. The van der Waals surface area contributed by atoms with Crippen molar-refractivity contribution in [1.29, 1.82) is 0 Å². The van der Waals surface area contributed by atoms with Crippen LogP contribution in [0.1, 0.15) is 39.2 Å². The summed E-state index contributed by atoms with van der Waals surface area (Å²) < 4.78 is 0. The predicted octanol–water partition coefficient (Wildman–Crippen LogP) is 3.03. The minimum Gasteiger partial charge on any atom is -0.352 e.